The Labute approximate surface area is 291 Å². The number of aryl methyl sites for hydroxylation is 2. The number of hydrogen-bond acceptors (Lipinski definition) is 0. The molecule has 10 rings (SSSR count). The van der Waals surface area contributed by atoms with Gasteiger partial charge in [0.1, 0.15) is 0 Å². The van der Waals surface area contributed by atoms with E-state index in [9.17, 15) is 0 Å². The highest BCUT2D eigenvalue weighted by Crippen LogP contribution is 2.51. The molecule has 234 valence electrons. The summed E-state index contributed by atoms with van der Waals surface area (Å²) in [4.78, 5) is 0. The van der Waals surface area contributed by atoms with E-state index in [0.29, 0.717) is 0 Å². The molecular formula is C50H34. The van der Waals surface area contributed by atoms with Gasteiger partial charge in [-0.15, -0.1) is 0 Å². The van der Waals surface area contributed by atoms with Crippen molar-refractivity contribution in [2.75, 3.05) is 0 Å². The molecule has 0 nitrogen and oxygen atoms in total. The van der Waals surface area contributed by atoms with E-state index in [1.807, 2.05) is 0 Å². The minimum atomic E-state index is 1.25. The van der Waals surface area contributed by atoms with Gasteiger partial charge < -0.3 is 0 Å². The number of fused-ring (bicyclic) bond motifs is 6. The summed E-state index contributed by atoms with van der Waals surface area (Å²) >= 11 is 0. The number of hydrogen-bond donors (Lipinski definition) is 0. The molecule has 0 aliphatic heterocycles. The summed E-state index contributed by atoms with van der Waals surface area (Å²) in [5.74, 6) is 0. The van der Waals surface area contributed by atoms with Crippen LogP contribution in [-0.4, -0.2) is 0 Å². The lowest BCUT2D eigenvalue weighted by Gasteiger charge is -2.23. The zero-order valence-electron chi connectivity index (χ0n) is 28.2. The van der Waals surface area contributed by atoms with Gasteiger partial charge in [0.15, 0.2) is 0 Å². The second-order valence-corrected chi connectivity index (χ2v) is 13.8. The van der Waals surface area contributed by atoms with E-state index < -0.39 is 0 Å². The van der Waals surface area contributed by atoms with Gasteiger partial charge in [-0.2, -0.15) is 0 Å². The largest absolute Gasteiger partial charge is 0.0616 e. The zero-order chi connectivity index (χ0) is 33.3. The van der Waals surface area contributed by atoms with Gasteiger partial charge in [0.05, 0.1) is 0 Å². The van der Waals surface area contributed by atoms with E-state index in [1.165, 1.54) is 109 Å². The monoisotopic (exact) mass is 634 g/mol. The van der Waals surface area contributed by atoms with Crippen LogP contribution in [0.3, 0.4) is 0 Å². The van der Waals surface area contributed by atoms with E-state index in [2.05, 4.69) is 184 Å². The third-order valence-corrected chi connectivity index (χ3v) is 10.6. The van der Waals surface area contributed by atoms with Crippen molar-refractivity contribution in [3.8, 4) is 33.4 Å². The third-order valence-electron chi connectivity index (χ3n) is 10.6. The fourth-order valence-electron chi connectivity index (χ4n) is 8.49. The van der Waals surface area contributed by atoms with Crippen LogP contribution in [0.15, 0.2) is 170 Å². The van der Waals surface area contributed by atoms with E-state index in [0.717, 1.165) is 0 Å². The second-order valence-electron chi connectivity index (χ2n) is 13.8. The molecule has 0 spiro atoms. The molecule has 0 fully saturated rings. The Kier molecular flexibility index (Phi) is 6.41. The highest BCUT2D eigenvalue weighted by molar-refractivity contribution is 6.31. The van der Waals surface area contributed by atoms with Gasteiger partial charge in [-0.25, -0.2) is 0 Å². The summed E-state index contributed by atoms with van der Waals surface area (Å²) < 4.78 is 0. The van der Waals surface area contributed by atoms with Crippen molar-refractivity contribution in [1.29, 1.82) is 0 Å². The maximum atomic E-state index is 2.45. The number of benzene rings is 10. The molecule has 0 heteroatoms. The molecule has 0 N–H and O–H groups in total. The van der Waals surface area contributed by atoms with Gasteiger partial charge in [-0.1, -0.05) is 157 Å². The summed E-state index contributed by atoms with van der Waals surface area (Å²) in [6, 6.07) is 63.5. The Morgan fingerprint density at radius 3 is 0.880 bits per heavy atom. The molecule has 0 atom stereocenters. The van der Waals surface area contributed by atoms with Crippen LogP contribution in [0.25, 0.3) is 98.0 Å². The average molecular weight is 635 g/mol. The van der Waals surface area contributed by atoms with Crippen LogP contribution in [0.4, 0.5) is 0 Å². The Bertz CT molecular complexity index is 2790. The van der Waals surface area contributed by atoms with Crippen molar-refractivity contribution < 1.29 is 0 Å². The van der Waals surface area contributed by atoms with Crippen LogP contribution in [0.1, 0.15) is 11.1 Å². The van der Waals surface area contributed by atoms with Crippen LogP contribution < -0.4 is 0 Å². The molecule has 10 aromatic carbocycles. The minimum Gasteiger partial charge on any atom is -0.0616 e. The van der Waals surface area contributed by atoms with Crippen LogP contribution in [0.2, 0.25) is 0 Å². The summed E-state index contributed by atoms with van der Waals surface area (Å²) in [6.07, 6.45) is 0. The first kappa shape index (κ1) is 28.7. The van der Waals surface area contributed by atoms with Crippen molar-refractivity contribution >= 4 is 64.6 Å². The zero-order valence-corrected chi connectivity index (χ0v) is 28.2. The van der Waals surface area contributed by atoms with Crippen molar-refractivity contribution in [3.05, 3.63) is 181 Å². The van der Waals surface area contributed by atoms with Crippen LogP contribution in [0, 0.1) is 13.8 Å². The summed E-state index contributed by atoms with van der Waals surface area (Å²) in [5.41, 5.74) is 10.2. The average Bonchev–Trinajstić information content (AvgIpc) is 3.14. The quantitative estimate of drug-likeness (QED) is 0.170. The third kappa shape index (κ3) is 4.39. The lowest BCUT2D eigenvalue weighted by molar-refractivity contribution is 1.47. The second kappa shape index (κ2) is 11.2. The maximum Gasteiger partial charge on any atom is -0.00137 e. The fourth-order valence-corrected chi connectivity index (χ4v) is 8.49. The van der Waals surface area contributed by atoms with Gasteiger partial charge in [-0.05, 0) is 136 Å². The van der Waals surface area contributed by atoms with Gasteiger partial charge in [0.2, 0.25) is 0 Å². The van der Waals surface area contributed by atoms with E-state index in [-0.39, 0.29) is 0 Å². The van der Waals surface area contributed by atoms with E-state index in [4.69, 9.17) is 0 Å². The molecule has 0 bridgehead atoms. The Balaban J connectivity index is 1.48. The van der Waals surface area contributed by atoms with E-state index in [1.54, 1.807) is 0 Å². The van der Waals surface area contributed by atoms with Gasteiger partial charge in [0.25, 0.3) is 0 Å². The maximum absolute atomic E-state index is 2.45. The molecule has 0 heterocycles. The normalized spacial score (nSPS) is 11.8. The number of rotatable bonds is 3. The van der Waals surface area contributed by atoms with Crippen molar-refractivity contribution in [2.45, 2.75) is 13.8 Å². The molecule has 0 aromatic heterocycles. The van der Waals surface area contributed by atoms with Crippen LogP contribution in [0.5, 0.6) is 0 Å². The Morgan fingerprint density at radius 2 is 0.540 bits per heavy atom. The smallest absolute Gasteiger partial charge is 0.00137 e. The summed E-state index contributed by atoms with van der Waals surface area (Å²) in [6.45, 7) is 4.38. The minimum absolute atomic E-state index is 1.25. The Hall–Kier alpha value is -6.24. The molecule has 0 radical (unpaired) electrons. The fraction of sp³-hybridized carbons (Fsp3) is 0.0400. The highest BCUT2D eigenvalue weighted by atomic mass is 14.3. The first-order valence-corrected chi connectivity index (χ1v) is 17.5. The Morgan fingerprint density at radius 1 is 0.240 bits per heavy atom. The summed E-state index contributed by atoms with van der Waals surface area (Å²) in [7, 11) is 0. The van der Waals surface area contributed by atoms with Gasteiger partial charge in [0, 0.05) is 0 Å². The molecule has 50 heavy (non-hydrogen) atoms. The first-order valence-electron chi connectivity index (χ1n) is 17.5. The van der Waals surface area contributed by atoms with Crippen molar-refractivity contribution in [1.82, 2.24) is 0 Å². The van der Waals surface area contributed by atoms with Crippen LogP contribution >= 0.6 is 0 Å². The predicted octanol–water partition coefficient (Wildman–Crippen LogP) is 14.2. The van der Waals surface area contributed by atoms with Crippen molar-refractivity contribution in [3.63, 3.8) is 0 Å². The molecule has 0 aliphatic rings. The molecule has 10 aromatic rings. The topological polar surface area (TPSA) is 0 Å². The van der Waals surface area contributed by atoms with Crippen molar-refractivity contribution in [2.24, 2.45) is 0 Å². The van der Waals surface area contributed by atoms with Gasteiger partial charge >= 0.3 is 0 Å². The van der Waals surface area contributed by atoms with Gasteiger partial charge in [-0.3, -0.25) is 0 Å². The molecule has 0 saturated heterocycles. The first-order chi connectivity index (χ1) is 24.6. The standard InChI is InChI=1S/C50H34/c1-31-13-11-19-37(25-31)47-39-21-7-9-23-41(39)49(45-29-35-17-5-3-15-33(35)27-43(45)47)50-42-24-10-8-22-40(42)48(38-20-12-14-32(2)26-38)44-28-34-16-4-6-18-36(34)30-46(44)50/h3-30H,1-2H3. The lowest BCUT2D eigenvalue weighted by atomic mass is 9.80. The summed E-state index contributed by atoms with van der Waals surface area (Å²) in [5, 5.41) is 15.2. The molecule has 0 aliphatic carbocycles. The van der Waals surface area contributed by atoms with E-state index >= 15 is 0 Å². The molecular weight excluding hydrogens is 601 g/mol. The van der Waals surface area contributed by atoms with Crippen LogP contribution in [-0.2, 0) is 0 Å². The molecule has 0 saturated carbocycles. The molecule has 0 unspecified atom stereocenters. The highest BCUT2D eigenvalue weighted by Gasteiger charge is 2.23. The predicted molar refractivity (Wildman–Crippen MR) is 217 cm³/mol. The molecule has 0 amide bonds. The SMILES string of the molecule is Cc1cccc(-c2c3ccccc3c(-c3c4ccccc4c(-c4cccc(C)c4)c4cc5ccccc5cc34)c3cc4ccccc4cc23)c1. The lowest BCUT2D eigenvalue weighted by Crippen LogP contribution is -1.95.